The van der Waals surface area contributed by atoms with Crippen LogP contribution in [0.1, 0.15) is 19.5 Å². The summed E-state index contributed by atoms with van der Waals surface area (Å²) in [7, 11) is 0. The molecule has 24 heavy (non-hydrogen) atoms. The maximum absolute atomic E-state index is 12.5. The molecule has 0 aliphatic rings. The number of hydrogen-bond donors (Lipinski definition) is 1. The fourth-order valence-electron chi connectivity index (χ4n) is 2.51. The van der Waals surface area contributed by atoms with Crippen LogP contribution in [0.15, 0.2) is 40.6 Å². The molecule has 7 heteroatoms. The predicted molar refractivity (Wildman–Crippen MR) is 95.3 cm³/mol. The number of amides is 1. The fourth-order valence-corrected chi connectivity index (χ4v) is 3.05. The molecule has 1 N–H and O–H groups in total. The van der Waals surface area contributed by atoms with E-state index in [9.17, 15) is 9.59 Å². The van der Waals surface area contributed by atoms with Gasteiger partial charge in [0.1, 0.15) is 0 Å². The molecular formula is C17H18N4O2S. The smallest absolute Gasteiger partial charge is 0.274 e. The van der Waals surface area contributed by atoms with Crippen LogP contribution >= 0.6 is 11.3 Å². The normalized spacial score (nSPS) is 11.1. The highest BCUT2D eigenvalue weighted by Crippen LogP contribution is 2.16. The van der Waals surface area contributed by atoms with E-state index in [1.807, 2.05) is 32.0 Å². The van der Waals surface area contributed by atoms with Gasteiger partial charge in [0.15, 0.2) is 5.13 Å². The molecule has 2 aromatic heterocycles. The molecule has 0 bridgehead atoms. The average molecular weight is 342 g/mol. The van der Waals surface area contributed by atoms with E-state index in [2.05, 4.69) is 15.4 Å². The zero-order chi connectivity index (χ0) is 17.1. The maximum Gasteiger partial charge on any atom is 0.274 e. The number of aromatic nitrogens is 3. The van der Waals surface area contributed by atoms with Gasteiger partial charge in [0, 0.05) is 23.5 Å². The Balaban J connectivity index is 1.98. The third-order valence-electron chi connectivity index (χ3n) is 3.49. The number of carbonyl (C=O) groups excluding carboxylic acids is 1. The summed E-state index contributed by atoms with van der Waals surface area (Å²) in [4.78, 5) is 28.9. The molecule has 0 atom stereocenters. The average Bonchev–Trinajstić information content (AvgIpc) is 3.04. The highest BCUT2D eigenvalue weighted by Gasteiger charge is 2.14. The van der Waals surface area contributed by atoms with E-state index in [4.69, 9.17) is 0 Å². The quantitative estimate of drug-likeness (QED) is 0.773. The number of nitrogens with one attached hydrogen (secondary N) is 1. The molecule has 0 unspecified atom stereocenters. The minimum atomic E-state index is -0.197. The van der Waals surface area contributed by atoms with Gasteiger partial charge in [0.05, 0.1) is 17.5 Å². The highest BCUT2D eigenvalue weighted by molar-refractivity contribution is 7.13. The molecule has 0 fully saturated rings. The van der Waals surface area contributed by atoms with Gasteiger partial charge in [-0.25, -0.2) is 9.67 Å². The lowest BCUT2D eigenvalue weighted by molar-refractivity contribution is -0.115. The molecule has 0 aliphatic carbocycles. The number of nitrogens with zero attached hydrogens (tertiary/aromatic N) is 3. The minimum Gasteiger partial charge on any atom is -0.302 e. The molecule has 124 valence electrons. The van der Waals surface area contributed by atoms with Crippen LogP contribution in [-0.2, 0) is 17.8 Å². The van der Waals surface area contributed by atoms with Crippen molar-refractivity contribution in [2.24, 2.45) is 5.92 Å². The topological polar surface area (TPSA) is 76.9 Å². The van der Waals surface area contributed by atoms with Gasteiger partial charge in [0.2, 0.25) is 5.91 Å². The minimum absolute atomic E-state index is 0.0957. The van der Waals surface area contributed by atoms with Crippen molar-refractivity contribution in [2.75, 3.05) is 5.32 Å². The van der Waals surface area contributed by atoms with Crippen LogP contribution in [0, 0.1) is 5.92 Å². The second-order valence-corrected chi connectivity index (χ2v) is 6.83. The lowest BCUT2D eigenvalue weighted by Gasteiger charge is -2.12. The summed E-state index contributed by atoms with van der Waals surface area (Å²) in [6.45, 7) is 4.57. The molecule has 0 saturated carbocycles. The van der Waals surface area contributed by atoms with Gasteiger partial charge in [0.25, 0.3) is 5.56 Å². The van der Waals surface area contributed by atoms with Crippen LogP contribution < -0.4 is 10.9 Å². The Kier molecular flexibility index (Phi) is 4.71. The third-order valence-corrected chi connectivity index (χ3v) is 4.18. The van der Waals surface area contributed by atoms with E-state index in [0.717, 1.165) is 5.39 Å². The fraction of sp³-hybridized carbons (Fsp3) is 0.294. The van der Waals surface area contributed by atoms with Crippen LogP contribution in [0.5, 0.6) is 0 Å². The van der Waals surface area contributed by atoms with E-state index < -0.39 is 0 Å². The van der Waals surface area contributed by atoms with E-state index in [1.165, 1.54) is 16.0 Å². The molecule has 6 nitrogen and oxygen atoms in total. The first kappa shape index (κ1) is 16.3. The summed E-state index contributed by atoms with van der Waals surface area (Å²) in [6, 6.07) is 7.27. The zero-order valence-corrected chi connectivity index (χ0v) is 14.3. The van der Waals surface area contributed by atoms with Gasteiger partial charge >= 0.3 is 0 Å². The van der Waals surface area contributed by atoms with Crippen LogP contribution in [0.2, 0.25) is 0 Å². The van der Waals surface area contributed by atoms with Crippen LogP contribution in [-0.4, -0.2) is 20.7 Å². The Morgan fingerprint density at radius 3 is 2.71 bits per heavy atom. The molecule has 1 amide bonds. The first-order chi connectivity index (χ1) is 11.5. The molecule has 0 saturated heterocycles. The lowest BCUT2D eigenvalue weighted by Crippen LogP contribution is -2.28. The maximum atomic E-state index is 12.5. The van der Waals surface area contributed by atoms with E-state index in [0.29, 0.717) is 22.8 Å². The second kappa shape index (κ2) is 6.92. The molecule has 0 spiro atoms. The van der Waals surface area contributed by atoms with Crippen molar-refractivity contribution in [3.63, 3.8) is 0 Å². The first-order valence-electron chi connectivity index (χ1n) is 7.72. The summed E-state index contributed by atoms with van der Waals surface area (Å²) in [6.07, 6.45) is 1.73. The number of benzene rings is 1. The standard InChI is InChI=1S/C17H18N4O2S/c1-11(2)10-21-16(23)13-6-4-3-5-12(13)14(20-21)9-15(22)19-17-18-7-8-24-17/h3-8,11H,9-10H2,1-2H3,(H,18,19,22). The van der Waals surface area contributed by atoms with Crippen LogP contribution in [0.3, 0.4) is 0 Å². The Morgan fingerprint density at radius 2 is 2.04 bits per heavy atom. The first-order valence-corrected chi connectivity index (χ1v) is 8.60. The van der Waals surface area contributed by atoms with Gasteiger partial charge in [-0.15, -0.1) is 11.3 Å². The Bertz CT molecular complexity index is 916. The number of fused-ring (bicyclic) bond motifs is 1. The van der Waals surface area contributed by atoms with Crippen molar-refractivity contribution in [3.05, 3.63) is 51.9 Å². The predicted octanol–water partition coefficient (Wildman–Crippen LogP) is 2.69. The van der Waals surface area contributed by atoms with Gasteiger partial charge in [-0.1, -0.05) is 32.0 Å². The van der Waals surface area contributed by atoms with Crippen molar-refractivity contribution < 1.29 is 4.79 Å². The number of anilines is 1. The molecule has 0 aliphatic heterocycles. The monoisotopic (exact) mass is 342 g/mol. The van der Waals surface area contributed by atoms with Crippen molar-refractivity contribution in [3.8, 4) is 0 Å². The number of thiazole rings is 1. The van der Waals surface area contributed by atoms with E-state index in [-0.39, 0.29) is 23.8 Å². The molecule has 3 rings (SSSR count). The Hall–Kier alpha value is -2.54. The summed E-state index contributed by atoms with van der Waals surface area (Å²) in [5, 5.41) is 10.8. The second-order valence-electron chi connectivity index (χ2n) is 5.94. The molecule has 1 aromatic carbocycles. The van der Waals surface area contributed by atoms with Crippen molar-refractivity contribution in [1.82, 2.24) is 14.8 Å². The van der Waals surface area contributed by atoms with Crippen LogP contribution in [0.25, 0.3) is 10.8 Å². The molecule has 3 aromatic rings. The van der Waals surface area contributed by atoms with Gasteiger partial charge in [-0.05, 0) is 12.0 Å². The molecular weight excluding hydrogens is 324 g/mol. The Morgan fingerprint density at radius 1 is 1.29 bits per heavy atom. The molecule has 0 radical (unpaired) electrons. The largest absolute Gasteiger partial charge is 0.302 e. The molecule has 2 heterocycles. The number of rotatable bonds is 5. The summed E-state index contributed by atoms with van der Waals surface area (Å²) < 4.78 is 1.46. The third kappa shape index (κ3) is 3.51. The number of hydrogen-bond acceptors (Lipinski definition) is 5. The lowest BCUT2D eigenvalue weighted by atomic mass is 10.1. The van der Waals surface area contributed by atoms with E-state index in [1.54, 1.807) is 17.6 Å². The zero-order valence-electron chi connectivity index (χ0n) is 13.5. The summed E-state index contributed by atoms with van der Waals surface area (Å²) >= 11 is 1.36. The highest BCUT2D eigenvalue weighted by atomic mass is 32.1. The SMILES string of the molecule is CC(C)Cn1nc(CC(=O)Nc2nccs2)c2ccccc2c1=O. The van der Waals surface area contributed by atoms with Crippen molar-refractivity contribution >= 4 is 33.1 Å². The van der Waals surface area contributed by atoms with Crippen molar-refractivity contribution in [2.45, 2.75) is 26.8 Å². The van der Waals surface area contributed by atoms with Gasteiger partial charge in [-0.3, -0.25) is 9.59 Å². The Labute approximate surface area is 143 Å². The van der Waals surface area contributed by atoms with Crippen molar-refractivity contribution in [1.29, 1.82) is 0 Å². The summed E-state index contributed by atoms with van der Waals surface area (Å²) in [5.74, 6) is 0.0886. The van der Waals surface area contributed by atoms with Crippen LogP contribution in [0.4, 0.5) is 5.13 Å². The van der Waals surface area contributed by atoms with Gasteiger partial charge in [-0.2, -0.15) is 5.10 Å². The van der Waals surface area contributed by atoms with Gasteiger partial charge < -0.3 is 5.32 Å². The summed E-state index contributed by atoms with van der Waals surface area (Å²) in [5.41, 5.74) is 0.475. The van der Waals surface area contributed by atoms with E-state index >= 15 is 0 Å². The number of carbonyl (C=O) groups is 1.